The summed E-state index contributed by atoms with van der Waals surface area (Å²) in [6.07, 6.45) is 0. The van der Waals surface area contributed by atoms with E-state index in [1.54, 1.807) is 0 Å². The van der Waals surface area contributed by atoms with E-state index in [1.165, 1.54) is 0 Å². The predicted molar refractivity (Wildman–Crippen MR) is 14.8 cm³/mol. The fourth-order valence-corrected chi connectivity index (χ4v) is 0. The van der Waals surface area contributed by atoms with Crippen LogP contribution in [0.4, 0.5) is 0 Å². The maximum absolute atomic E-state index is 8.69. The molecule has 12 heavy (non-hydrogen) atoms. The number of hydrogen-bond donors (Lipinski definition) is 1. The molecule has 0 spiro atoms. The molecule has 0 aromatic rings. The molecule has 0 aromatic carbocycles. The molecule has 12 heteroatoms. The summed E-state index contributed by atoms with van der Waals surface area (Å²) in [5.74, 6) is 0. The third-order valence-corrected chi connectivity index (χ3v) is 0. The van der Waals surface area contributed by atoms with Crippen molar-refractivity contribution in [2.24, 2.45) is 0 Å². The van der Waals surface area contributed by atoms with Gasteiger partial charge in [0, 0.05) is 10.4 Å². The summed E-state index contributed by atoms with van der Waals surface area (Å²) in [7, 11) is -5.17. The predicted octanol–water partition coefficient (Wildman–Crippen LogP) is -8.25. The van der Waals surface area contributed by atoms with Gasteiger partial charge in [-0.1, -0.05) is 0 Å². The minimum absolute atomic E-state index is 0. The molecule has 0 atom stereocenters. The summed E-state index contributed by atoms with van der Waals surface area (Å²) < 4.78 is 67.1. The second kappa shape index (κ2) is 10.5. The van der Waals surface area contributed by atoms with Gasteiger partial charge in [-0.05, 0) is 0 Å². The first-order valence-corrected chi connectivity index (χ1v) is 4.61. The normalized spacial score (nSPS) is 9.58. The molecule has 0 aromatic heterocycles. The average Bonchev–Trinajstić information content (AvgIpc) is 1.12. The monoisotopic (exact) mass is 294 g/mol. The molecule has 0 aliphatic rings. The summed E-state index contributed by atoms with van der Waals surface area (Å²) in [6, 6.07) is 0. The summed E-state index contributed by atoms with van der Waals surface area (Å²) in [6.45, 7) is 0. The Labute approximate surface area is 155 Å². The molecular formula is HK2MnO8S. The van der Waals surface area contributed by atoms with Crippen LogP contribution in [0.2, 0.25) is 0 Å². The van der Waals surface area contributed by atoms with E-state index in [0.29, 0.717) is 0 Å². The molecule has 0 aliphatic carbocycles. The van der Waals surface area contributed by atoms with Crippen LogP contribution in [0.25, 0.3) is 0 Å². The Morgan fingerprint density at radius 1 is 1.00 bits per heavy atom. The minimum atomic E-state index is -5.38. The average molecular weight is 294 g/mol. The summed E-state index contributed by atoms with van der Waals surface area (Å²) in [4.78, 5) is 0. The van der Waals surface area contributed by atoms with E-state index >= 15 is 0 Å². The van der Waals surface area contributed by atoms with Crippen LogP contribution < -0.4 is 103 Å². The van der Waals surface area contributed by atoms with E-state index < -0.39 is 23.4 Å². The van der Waals surface area contributed by atoms with Gasteiger partial charge >= 0.3 is 131 Å². The van der Waals surface area contributed by atoms with Gasteiger partial charge in [0.15, 0.2) is 0 Å². The molecular weight excluding hydrogens is 293 g/mol. The molecule has 0 radical (unpaired) electrons. The van der Waals surface area contributed by atoms with Crippen molar-refractivity contribution in [1.82, 2.24) is 0 Å². The molecule has 0 amide bonds. The van der Waals surface area contributed by atoms with Crippen molar-refractivity contribution < 1.29 is 149 Å². The molecule has 0 heterocycles. The van der Waals surface area contributed by atoms with E-state index in [1.807, 2.05) is 0 Å². The number of rotatable bonds is 0. The Balaban J connectivity index is -0.0000000457. The van der Waals surface area contributed by atoms with Gasteiger partial charge in [-0.3, -0.25) is 8.42 Å². The topological polar surface area (TPSA) is 152 Å². The van der Waals surface area contributed by atoms with Gasteiger partial charge in [-0.25, -0.2) is 0 Å². The zero-order valence-corrected chi connectivity index (χ0v) is 14.3. The van der Waals surface area contributed by atoms with Gasteiger partial charge in [-0.2, -0.15) is 0 Å². The van der Waals surface area contributed by atoms with E-state index in [4.69, 9.17) is 33.2 Å². The molecule has 0 rings (SSSR count). The molecule has 0 bridgehead atoms. The zero-order valence-electron chi connectivity index (χ0n) is 6.09. The Bertz CT molecular complexity index is 292. The van der Waals surface area contributed by atoms with Crippen molar-refractivity contribution in [2.45, 2.75) is 0 Å². The van der Waals surface area contributed by atoms with Crippen LogP contribution in [0.15, 0.2) is 0 Å². The van der Waals surface area contributed by atoms with Crippen LogP contribution in [0.3, 0.4) is 0 Å². The SMILES string of the molecule is O=S(=O)([O-])[O-].[K+].[K+].[O]=[Mn](=[O])(=[O])[OH]. The third kappa shape index (κ3) is 206. The Hall–Kier alpha value is 3.02. The third-order valence-electron chi connectivity index (χ3n) is 0. The van der Waals surface area contributed by atoms with Crippen molar-refractivity contribution in [1.29, 1.82) is 0 Å². The molecule has 1 N–H and O–H groups in total. The molecule has 64 valence electrons. The first-order valence-electron chi connectivity index (χ1n) is 1.30. The first-order chi connectivity index (χ1) is 4.00. The summed E-state index contributed by atoms with van der Waals surface area (Å²) in [5.41, 5.74) is 0. The van der Waals surface area contributed by atoms with E-state index in [0.717, 1.165) is 0 Å². The van der Waals surface area contributed by atoms with Gasteiger partial charge in [0.1, 0.15) is 0 Å². The fourth-order valence-electron chi connectivity index (χ4n) is 0. The maximum atomic E-state index is 8.69. The van der Waals surface area contributed by atoms with Gasteiger partial charge < -0.3 is 9.11 Å². The van der Waals surface area contributed by atoms with Crippen molar-refractivity contribution >= 4 is 10.4 Å². The van der Waals surface area contributed by atoms with Crippen LogP contribution >= 0.6 is 0 Å². The molecule has 0 saturated carbocycles. The van der Waals surface area contributed by atoms with Crippen LogP contribution in [-0.4, -0.2) is 21.7 Å². The van der Waals surface area contributed by atoms with E-state index in [9.17, 15) is 0 Å². The summed E-state index contributed by atoms with van der Waals surface area (Å²) >= 11 is -5.38. The van der Waals surface area contributed by atoms with E-state index in [2.05, 4.69) is 0 Å². The fraction of sp³-hybridized carbons (Fsp3) is 0. The van der Waals surface area contributed by atoms with Crippen molar-refractivity contribution in [3.05, 3.63) is 0 Å². The molecule has 0 fully saturated rings. The molecule has 8 nitrogen and oxygen atoms in total. The number of hydrogen-bond acceptors (Lipinski definition) is 7. The van der Waals surface area contributed by atoms with Crippen LogP contribution in [-0.2, 0) is 34.9 Å². The van der Waals surface area contributed by atoms with Crippen molar-refractivity contribution in [2.75, 3.05) is 0 Å². The van der Waals surface area contributed by atoms with Gasteiger partial charge in [0.05, 0.1) is 0 Å². The first kappa shape index (κ1) is 24.3. The second-order valence-electron chi connectivity index (χ2n) is 0.804. The van der Waals surface area contributed by atoms with Crippen LogP contribution in [0.1, 0.15) is 0 Å². The van der Waals surface area contributed by atoms with Crippen molar-refractivity contribution in [3.63, 3.8) is 0 Å². The van der Waals surface area contributed by atoms with Gasteiger partial charge in [-0.15, -0.1) is 0 Å². The van der Waals surface area contributed by atoms with Gasteiger partial charge in [0.2, 0.25) is 0 Å². The Morgan fingerprint density at radius 3 is 1.00 bits per heavy atom. The Kier molecular flexibility index (Phi) is 21.3. The van der Waals surface area contributed by atoms with Crippen LogP contribution in [0.5, 0.6) is 0 Å². The second-order valence-corrected chi connectivity index (χ2v) is 2.86. The molecule has 0 saturated heterocycles. The standard InChI is InChI=1S/2K.Mn.H2O4S.H2O.3O/c;;;1-5(2,3)4;;;;/h;;;(H2,1,2,3,4);1H2;;;/q3*+1;;;;;/p-3. The molecule has 0 aliphatic heterocycles. The quantitative estimate of drug-likeness (QED) is 0.262. The molecule has 0 unspecified atom stereocenters. The summed E-state index contributed by atoms with van der Waals surface area (Å²) in [5, 5.41) is 0. The van der Waals surface area contributed by atoms with Gasteiger partial charge in [0.25, 0.3) is 0 Å². The Morgan fingerprint density at radius 2 is 1.00 bits per heavy atom. The van der Waals surface area contributed by atoms with Crippen molar-refractivity contribution in [3.8, 4) is 0 Å². The van der Waals surface area contributed by atoms with E-state index in [-0.39, 0.29) is 103 Å². The van der Waals surface area contributed by atoms with Crippen LogP contribution in [0, 0.1) is 0 Å². The zero-order chi connectivity index (χ0) is 9.00.